The summed E-state index contributed by atoms with van der Waals surface area (Å²) in [6.07, 6.45) is 1.49. The van der Waals surface area contributed by atoms with Gasteiger partial charge in [-0.3, -0.25) is 14.5 Å². The van der Waals surface area contributed by atoms with Gasteiger partial charge in [-0.05, 0) is 49.4 Å². The summed E-state index contributed by atoms with van der Waals surface area (Å²) in [6, 6.07) is 15.1. The van der Waals surface area contributed by atoms with Crippen LogP contribution in [0.25, 0.3) is 0 Å². The van der Waals surface area contributed by atoms with Crippen LogP contribution in [0.4, 0.5) is 4.79 Å². The average molecular weight is 459 g/mol. The van der Waals surface area contributed by atoms with Crippen molar-refractivity contribution >= 4 is 27.9 Å². The number of imide groups is 1. The van der Waals surface area contributed by atoms with Crippen molar-refractivity contribution in [3.8, 4) is 0 Å². The fourth-order valence-corrected chi connectivity index (χ4v) is 4.01. The monoisotopic (exact) mass is 458 g/mol. The number of nitrogens with zero attached hydrogens (tertiary/aromatic N) is 1. The second-order valence-corrected chi connectivity index (χ2v) is 9.49. The summed E-state index contributed by atoms with van der Waals surface area (Å²) in [5, 5.41) is 10.4. The lowest BCUT2D eigenvalue weighted by atomic mass is 9.93. The normalized spacial score (nSPS) is 18.5. The molecule has 1 heterocycles. The first-order chi connectivity index (χ1) is 15.1. The number of sulfonamides is 1. The molecular formula is C22H26N4O5S. The van der Waals surface area contributed by atoms with E-state index in [1.807, 2.05) is 30.3 Å². The predicted molar refractivity (Wildman–Crippen MR) is 118 cm³/mol. The summed E-state index contributed by atoms with van der Waals surface area (Å²) >= 11 is 0. The molecule has 1 fully saturated rings. The van der Waals surface area contributed by atoms with Gasteiger partial charge in [-0.15, -0.1) is 0 Å². The Kier molecular flexibility index (Phi) is 6.95. The first-order valence-corrected chi connectivity index (χ1v) is 11.7. The minimum Gasteiger partial charge on any atom is -0.354 e. The molecule has 170 valence electrons. The zero-order valence-electron chi connectivity index (χ0n) is 17.7. The van der Waals surface area contributed by atoms with Crippen LogP contribution in [0.3, 0.4) is 0 Å². The van der Waals surface area contributed by atoms with E-state index in [4.69, 9.17) is 5.14 Å². The summed E-state index contributed by atoms with van der Waals surface area (Å²) in [5.74, 6) is -0.880. The molecule has 4 N–H and O–H groups in total. The minimum atomic E-state index is -3.75. The van der Waals surface area contributed by atoms with E-state index in [0.717, 1.165) is 16.0 Å². The topological polar surface area (TPSA) is 139 Å². The first-order valence-electron chi connectivity index (χ1n) is 10.1. The molecule has 1 aliphatic heterocycles. The summed E-state index contributed by atoms with van der Waals surface area (Å²) in [6.45, 7) is 1.57. The Bertz CT molecular complexity index is 1100. The van der Waals surface area contributed by atoms with E-state index >= 15 is 0 Å². The van der Waals surface area contributed by atoms with Gasteiger partial charge in [0.25, 0.3) is 5.91 Å². The van der Waals surface area contributed by atoms with Gasteiger partial charge in [0.15, 0.2) is 0 Å². The zero-order valence-corrected chi connectivity index (χ0v) is 18.5. The van der Waals surface area contributed by atoms with Gasteiger partial charge in [0, 0.05) is 6.54 Å². The predicted octanol–water partition coefficient (Wildman–Crippen LogP) is 0.936. The van der Waals surface area contributed by atoms with Gasteiger partial charge in [-0.1, -0.05) is 42.5 Å². The number of hydrogen-bond donors (Lipinski definition) is 3. The van der Waals surface area contributed by atoms with Gasteiger partial charge in [0.2, 0.25) is 15.9 Å². The van der Waals surface area contributed by atoms with Gasteiger partial charge in [0.05, 0.1) is 4.90 Å². The largest absolute Gasteiger partial charge is 0.354 e. The van der Waals surface area contributed by atoms with E-state index in [2.05, 4.69) is 10.6 Å². The van der Waals surface area contributed by atoms with Crippen molar-refractivity contribution in [2.24, 2.45) is 5.14 Å². The highest BCUT2D eigenvalue weighted by Gasteiger charge is 2.47. The molecule has 3 rings (SSSR count). The van der Waals surface area contributed by atoms with Crippen molar-refractivity contribution in [2.75, 3.05) is 13.1 Å². The highest BCUT2D eigenvalue weighted by Crippen LogP contribution is 2.23. The molecule has 0 aromatic heterocycles. The summed E-state index contributed by atoms with van der Waals surface area (Å²) in [7, 11) is -3.75. The molecule has 1 aliphatic rings. The second kappa shape index (κ2) is 9.49. The van der Waals surface area contributed by atoms with E-state index in [0.29, 0.717) is 19.3 Å². The van der Waals surface area contributed by atoms with Gasteiger partial charge in [0.1, 0.15) is 12.1 Å². The number of hydrogen-bond acceptors (Lipinski definition) is 5. The van der Waals surface area contributed by atoms with E-state index in [9.17, 15) is 22.8 Å². The van der Waals surface area contributed by atoms with Crippen LogP contribution in [0.15, 0.2) is 59.5 Å². The SMILES string of the molecule is C[C@]1(CCc2ccccc2)NC(=O)N(CC(=O)NCCc2ccc(S(N)(=O)=O)cc2)C1=O. The molecule has 0 aliphatic carbocycles. The number of carbonyl (C=O) groups excluding carboxylic acids is 3. The van der Waals surface area contributed by atoms with Crippen molar-refractivity contribution < 1.29 is 22.8 Å². The molecule has 1 saturated heterocycles. The van der Waals surface area contributed by atoms with E-state index in [1.165, 1.54) is 12.1 Å². The summed E-state index contributed by atoms with van der Waals surface area (Å²) in [5.41, 5.74) is 0.809. The molecule has 0 radical (unpaired) electrons. The molecule has 10 heteroatoms. The van der Waals surface area contributed by atoms with Crippen LogP contribution >= 0.6 is 0 Å². The van der Waals surface area contributed by atoms with E-state index in [1.54, 1.807) is 19.1 Å². The maximum absolute atomic E-state index is 12.8. The number of carbonyl (C=O) groups is 3. The van der Waals surface area contributed by atoms with Crippen molar-refractivity contribution in [3.63, 3.8) is 0 Å². The highest BCUT2D eigenvalue weighted by atomic mass is 32.2. The molecule has 0 bridgehead atoms. The Labute approximate surface area is 187 Å². The number of primary sulfonamides is 1. The maximum Gasteiger partial charge on any atom is 0.325 e. The number of rotatable bonds is 9. The van der Waals surface area contributed by atoms with Gasteiger partial charge >= 0.3 is 6.03 Å². The van der Waals surface area contributed by atoms with Crippen LogP contribution < -0.4 is 15.8 Å². The van der Waals surface area contributed by atoms with Gasteiger partial charge in [-0.2, -0.15) is 0 Å². The lowest BCUT2D eigenvalue weighted by Gasteiger charge is -2.21. The van der Waals surface area contributed by atoms with Gasteiger partial charge < -0.3 is 10.6 Å². The number of amides is 4. The van der Waals surface area contributed by atoms with Crippen LogP contribution in [-0.4, -0.2) is 49.8 Å². The molecule has 32 heavy (non-hydrogen) atoms. The Morgan fingerprint density at radius 3 is 2.28 bits per heavy atom. The molecule has 2 aromatic carbocycles. The Morgan fingerprint density at radius 1 is 1.03 bits per heavy atom. The third-order valence-corrected chi connectivity index (χ3v) is 6.32. The lowest BCUT2D eigenvalue weighted by molar-refractivity contribution is -0.134. The van der Waals surface area contributed by atoms with Crippen LogP contribution in [0, 0.1) is 0 Å². The standard InChI is InChI=1S/C22H26N4O5S/c1-22(13-11-16-5-3-2-4-6-16)20(28)26(21(29)25-22)15-19(27)24-14-12-17-7-9-18(10-8-17)32(23,30)31/h2-10H,11-15H2,1H3,(H,24,27)(H,25,29)(H2,23,30,31)/t22-/m1/s1. The van der Waals surface area contributed by atoms with Gasteiger partial charge in [-0.25, -0.2) is 18.4 Å². The van der Waals surface area contributed by atoms with Crippen molar-refractivity contribution in [2.45, 2.75) is 36.6 Å². The minimum absolute atomic E-state index is 0.0131. The number of benzene rings is 2. The van der Waals surface area contributed by atoms with Crippen molar-refractivity contribution in [1.82, 2.24) is 15.5 Å². The maximum atomic E-state index is 12.8. The molecule has 0 unspecified atom stereocenters. The first kappa shape index (κ1) is 23.4. The van der Waals surface area contributed by atoms with Crippen LogP contribution in [0.5, 0.6) is 0 Å². The Hall–Kier alpha value is -3.24. The number of urea groups is 1. The summed E-state index contributed by atoms with van der Waals surface area (Å²) < 4.78 is 22.6. The molecular weight excluding hydrogens is 432 g/mol. The molecule has 0 saturated carbocycles. The molecule has 2 aromatic rings. The van der Waals surface area contributed by atoms with Crippen molar-refractivity contribution in [1.29, 1.82) is 0 Å². The highest BCUT2D eigenvalue weighted by molar-refractivity contribution is 7.89. The summed E-state index contributed by atoms with van der Waals surface area (Å²) in [4.78, 5) is 38.3. The Balaban J connectivity index is 1.49. The molecule has 4 amide bonds. The fourth-order valence-electron chi connectivity index (χ4n) is 3.49. The van der Waals surface area contributed by atoms with Crippen LogP contribution in [-0.2, 0) is 32.5 Å². The zero-order chi connectivity index (χ0) is 23.4. The van der Waals surface area contributed by atoms with E-state index in [-0.39, 0.29) is 18.0 Å². The average Bonchev–Trinajstić information content (AvgIpc) is 2.96. The number of nitrogens with two attached hydrogens (primary N) is 1. The second-order valence-electron chi connectivity index (χ2n) is 7.93. The van der Waals surface area contributed by atoms with Crippen LogP contribution in [0.2, 0.25) is 0 Å². The fraction of sp³-hybridized carbons (Fsp3) is 0.318. The quantitative estimate of drug-likeness (QED) is 0.480. The molecule has 1 atom stereocenters. The smallest absolute Gasteiger partial charge is 0.325 e. The van der Waals surface area contributed by atoms with Crippen LogP contribution in [0.1, 0.15) is 24.5 Å². The molecule has 9 nitrogen and oxygen atoms in total. The number of nitrogens with one attached hydrogen (secondary N) is 2. The van der Waals surface area contributed by atoms with Crippen molar-refractivity contribution in [3.05, 3.63) is 65.7 Å². The molecule has 0 spiro atoms. The van der Waals surface area contributed by atoms with E-state index < -0.39 is 33.4 Å². The third-order valence-electron chi connectivity index (χ3n) is 5.39. The number of aryl methyl sites for hydroxylation is 1. The third kappa shape index (κ3) is 5.71. The lowest BCUT2D eigenvalue weighted by Crippen LogP contribution is -2.45. The Morgan fingerprint density at radius 2 is 1.66 bits per heavy atom.